The smallest absolute Gasteiger partial charge is 0.409 e. The van der Waals surface area contributed by atoms with Crippen LogP contribution in [0.3, 0.4) is 0 Å². The highest BCUT2D eigenvalue weighted by Crippen LogP contribution is 2.22. The monoisotopic (exact) mass is 291 g/mol. The highest BCUT2D eigenvalue weighted by atomic mass is 19.1. The van der Waals surface area contributed by atoms with Crippen LogP contribution in [0, 0.1) is 23.1 Å². The van der Waals surface area contributed by atoms with Crippen molar-refractivity contribution in [2.24, 2.45) is 5.92 Å². The number of rotatable bonds is 3. The summed E-state index contributed by atoms with van der Waals surface area (Å²) in [5.74, 6) is -0.505. The Labute approximate surface area is 123 Å². The third-order valence-corrected chi connectivity index (χ3v) is 3.50. The lowest BCUT2D eigenvalue weighted by molar-refractivity contribution is 0.0929. The Hall–Kier alpha value is -2.29. The zero-order chi connectivity index (χ0) is 15.2. The molecule has 1 amide bonds. The van der Waals surface area contributed by atoms with Gasteiger partial charge in [-0.3, -0.25) is 0 Å². The Morgan fingerprint density at radius 2 is 2.24 bits per heavy atom. The number of amides is 1. The molecule has 1 aromatic carbocycles. The summed E-state index contributed by atoms with van der Waals surface area (Å²) >= 11 is 0. The number of nitrogens with zero attached hydrogens (tertiary/aromatic N) is 2. The minimum absolute atomic E-state index is 0.194. The minimum Gasteiger partial charge on any atom is -0.450 e. The molecule has 0 saturated carbocycles. The molecule has 0 aliphatic carbocycles. The summed E-state index contributed by atoms with van der Waals surface area (Å²) in [6.07, 6.45) is 0.230. The number of hydrogen-bond acceptors (Lipinski definition) is 4. The van der Waals surface area contributed by atoms with Crippen molar-refractivity contribution < 1.29 is 13.9 Å². The number of nitrogens with one attached hydrogen (secondary N) is 1. The molecule has 1 aromatic rings. The first-order valence-corrected chi connectivity index (χ1v) is 6.97. The molecule has 21 heavy (non-hydrogen) atoms. The predicted octanol–water partition coefficient (Wildman–Crippen LogP) is 2.61. The predicted molar refractivity (Wildman–Crippen MR) is 76.1 cm³/mol. The molecule has 2 unspecified atom stereocenters. The van der Waals surface area contributed by atoms with Gasteiger partial charge < -0.3 is 15.0 Å². The van der Waals surface area contributed by atoms with Crippen molar-refractivity contribution in [3.8, 4) is 6.07 Å². The number of halogens is 1. The molecule has 1 heterocycles. The first-order chi connectivity index (χ1) is 10.1. The van der Waals surface area contributed by atoms with E-state index < -0.39 is 0 Å². The Bertz CT molecular complexity index is 527. The number of piperidine rings is 1. The third-order valence-electron chi connectivity index (χ3n) is 3.50. The van der Waals surface area contributed by atoms with Gasteiger partial charge in [0, 0.05) is 18.8 Å². The highest BCUT2D eigenvalue weighted by molar-refractivity contribution is 5.68. The van der Waals surface area contributed by atoms with Crippen molar-refractivity contribution >= 4 is 11.8 Å². The van der Waals surface area contributed by atoms with Crippen LogP contribution < -0.4 is 5.32 Å². The van der Waals surface area contributed by atoms with Crippen molar-refractivity contribution in [2.45, 2.75) is 19.4 Å². The maximum atomic E-state index is 12.9. The number of hydrogen-bond donors (Lipinski definition) is 1. The summed E-state index contributed by atoms with van der Waals surface area (Å²) in [6.45, 7) is 2.99. The van der Waals surface area contributed by atoms with E-state index in [0.717, 1.165) is 5.69 Å². The number of likely N-dealkylation sites (tertiary alicyclic amines) is 1. The van der Waals surface area contributed by atoms with Crippen LogP contribution in [-0.2, 0) is 4.74 Å². The lowest BCUT2D eigenvalue weighted by atomic mass is 9.93. The molecule has 1 aliphatic heterocycles. The molecule has 112 valence electrons. The first-order valence-electron chi connectivity index (χ1n) is 6.97. The molecule has 1 fully saturated rings. The lowest BCUT2D eigenvalue weighted by Gasteiger charge is -2.35. The first kappa shape index (κ1) is 15.1. The van der Waals surface area contributed by atoms with Gasteiger partial charge in [-0.2, -0.15) is 5.26 Å². The number of carbonyl (C=O) groups excluding carboxylic acids is 1. The third kappa shape index (κ3) is 3.85. The maximum Gasteiger partial charge on any atom is 0.409 e. The van der Waals surface area contributed by atoms with Crippen LogP contribution in [0.1, 0.15) is 13.3 Å². The van der Waals surface area contributed by atoms with Gasteiger partial charge >= 0.3 is 6.09 Å². The van der Waals surface area contributed by atoms with Gasteiger partial charge in [0.15, 0.2) is 0 Å². The topological polar surface area (TPSA) is 65.4 Å². The molecule has 5 nitrogen and oxygen atoms in total. The van der Waals surface area contributed by atoms with Crippen LogP contribution in [-0.4, -0.2) is 36.7 Å². The summed E-state index contributed by atoms with van der Waals surface area (Å²) in [7, 11) is 0. The van der Waals surface area contributed by atoms with E-state index in [1.165, 1.54) is 12.1 Å². The largest absolute Gasteiger partial charge is 0.450 e. The fourth-order valence-electron chi connectivity index (χ4n) is 2.39. The molecule has 1 saturated heterocycles. The fourth-order valence-corrected chi connectivity index (χ4v) is 2.39. The minimum atomic E-state index is -0.361. The van der Waals surface area contributed by atoms with Gasteiger partial charge in [-0.1, -0.05) is 0 Å². The standard InChI is InChI=1S/C15H18FN3O2/c1-2-21-15(20)19-8-7-11(9-17)14(10-19)18-13-5-3-12(16)4-6-13/h3-6,11,14,18H,2,7-8,10H2,1H3. The molecule has 0 spiro atoms. The summed E-state index contributed by atoms with van der Waals surface area (Å²) < 4.78 is 17.9. The zero-order valence-electron chi connectivity index (χ0n) is 11.9. The van der Waals surface area contributed by atoms with E-state index >= 15 is 0 Å². The van der Waals surface area contributed by atoms with Gasteiger partial charge in [-0.05, 0) is 37.6 Å². The van der Waals surface area contributed by atoms with E-state index in [1.807, 2.05) is 0 Å². The molecular formula is C15H18FN3O2. The molecule has 1 aliphatic rings. The highest BCUT2D eigenvalue weighted by Gasteiger charge is 2.32. The van der Waals surface area contributed by atoms with E-state index in [0.29, 0.717) is 26.1 Å². The van der Waals surface area contributed by atoms with Gasteiger partial charge in [0.05, 0.1) is 24.6 Å². The fraction of sp³-hybridized carbons (Fsp3) is 0.467. The molecular weight excluding hydrogens is 273 g/mol. The van der Waals surface area contributed by atoms with Crippen molar-refractivity contribution in [3.05, 3.63) is 30.1 Å². The second kappa shape index (κ2) is 6.93. The lowest BCUT2D eigenvalue weighted by Crippen LogP contribution is -2.49. The molecule has 1 N–H and O–H groups in total. The van der Waals surface area contributed by atoms with E-state index in [4.69, 9.17) is 4.74 Å². The van der Waals surface area contributed by atoms with Gasteiger partial charge in [-0.25, -0.2) is 9.18 Å². The normalized spacial score (nSPS) is 21.5. The van der Waals surface area contributed by atoms with Crippen molar-refractivity contribution in [2.75, 3.05) is 25.0 Å². The van der Waals surface area contributed by atoms with E-state index in [2.05, 4.69) is 11.4 Å². The number of benzene rings is 1. The Balaban J connectivity index is 2.04. The Kier molecular flexibility index (Phi) is 4.99. The van der Waals surface area contributed by atoms with Crippen molar-refractivity contribution in [1.82, 2.24) is 4.90 Å². The molecule has 2 atom stereocenters. The summed E-state index contributed by atoms with van der Waals surface area (Å²) in [5.41, 5.74) is 0.729. The number of anilines is 1. The number of nitriles is 1. The van der Waals surface area contributed by atoms with E-state index in [9.17, 15) is 14.4 Å². The van der Waals surface area contributed by atoms with Crippen LogP contribution >= 0.6 is 0 Å². The molecule has 6 heteroatoms. The Morgan fingerprint density at radius 1 is 1.52 bits per heavy atom. The SMILES string of the molecule is CCOC(=O)N1CCC(C#N)C(Nc2ccc(F)cc2)C1. The maximum absolute atomic E-state index is 12.9. The summed E-state index contributed by atoms with van der Waals surface area (Å²) in [5, 5.41) is 12.4. The molecule has 0 aromatic heterocycles. The van der Waals surface area contributed by atoms with Gasteiger partial charge in [-0.15, -0.1) is 0 Å². The average Bonchev–Trinajstić information content (AvgIpc) is 2.50. The summed E-state index contributed by atoms with van der Waals surface area (Å²) in [6, 6.07) is 8.02. The van der Waals surface area contributed by atoms with Crippen LogP contribution in [0.5, 0.6) is 0 Å². The second-order valence-corrected chi connectivity index (χ2v) is 4.93. The molecule has 0 bridgehead atoms. The number of ether oxygens (including phenoxy) is 1. The molecule has 2 rings (SSSR count). The van der Waals surface area contributed by atoms with Crippen LogP contribution in [0.25, 0.3) is 0 Å². The van der Waals surface area contributed by atoms with Gasteiger partial charge in [0.1, 0.15) is 5.82 Å². The summed E-state index contributed by atoms with van der Waals surface area (Å²) in [4.78, 5) is 13.4. The van der Waals surface area contributed by atoms with Crippen LogP contribution in [0.4, 0.5) is 14.9 Å². The van der Waals surface area contributed by atoms with Crippen LogP contribution in [0.2, 0.25) is 0 Å². The average molecular weight is 291 g/mol. The molecule has 0 radical (unpaired) electrons. The van der Waals surface area contributed by atoms with Crippen molar-refractivity contribution in [3.63, 3.8) is 0 Å². The second-order valence-electron chi connectivity index (χ2n) is 4.93. The van der Waals surface area contributed by atoms with Gasteiger partial charge in [0.25, 0.3) is 0 Å². The van der Waals surface area contributed by atoms with E-state index in [1.54, 1.807) is 24.0 Å². The Morgan fingerprint density at radius 3 is 2.86 bits per heavy atom. The van der Waals surface area contributed by atoms with Gasteiger partial charge in [0.2, 0.25) is 0 Å². The van der Waals surface area contributed by atoms with E-state index in [-0.39, 0.29) is 23.9 Å². The quantitative estimate of drug-likeness (QED) is 0.929. The van der Waals surface area contributed by atoms with Crippen LogP contribution in [0.15, 0.2) is 24.3 Å². The van der Waals surface area contributed by atoms with Crippen molar-refractivity contribution in [1.29, 1.82) is 5.26 Å². The number of carbonyl (C=O) groups is 1. The zero-order valence-corrected chi connectivity index (χ0v) is 11.9.